The van der Waals surface area contributed by atoms with Gasteiger partial charge in [0.05, 0.1) is 26.0 Å². The molecule has 4 nitrogen and oxygen atoms in total. The number of nitrogens with one attached hydrogen (secondary N) is 1. The molecule has 1 aromatic heterocycles. The molecular weight excluding hydrogens is 240 g/mol. The topological polar surface area (TPSA) is 43.4 Å². The van der Waals surface area contributed by atoms with Gasteiger partial charge in [-0.15, -0.1) is 0 Å². The van der Waals surface area contributed by atoms with Gasteiger partial charge in [-0.25, -0.2) is 0 Å². The van der Waals surface area contributed by atoms with Gasteiger partial charge >= 0.3 is 0 Å². The first-order chi connectivity index (χ1) is 9.31. The van der Waals surface area contributed by atoms with Gasteiger partial charge in [-0.2, -0.15) is 0 Å². The number of aromatic nitrogens is 1. The van der Waals surface area contributed by atoms with Gasteiger partial charge in [-0.3, -0.25) is 4.98 Å². The van der Waals surface area contributed by atoms with Crippen molar-refractivity contribution in [1.29, 1.82) is 0 Å². The molecule has 1 N–H and O–H groups in total. The fourth-order valence-corrected chi connectivity index (χ4v) is 1.71. The molecule has 4 heteroatoms. The zero-order valence-electron chi connectivity index (χ0n) is 11.2. The molecule has 0 aliphatic heterocycles. The minimum absolute atomic E-state index is 0.502. The Kier molecular flexibility index (Phi) is 4.75. The summed E-state index contributed by atoms with van der Waals surface area (Å²) in [6.07, 6.45) is 1.78. The van der Waals surface area contributed by atoms with Crippen LogP contribution in [-0.4, -0.2) is 19.1 Å². The van der Waals surface area contributed by atoms with Crippen LogP contribution in [0.1, 0.15) is 11.3 Å². The van der Waals surface area contributed by atoms with E-state index in [1.165, 1.54) is 0 Å². The largest absolute Gasteiger partial charge is 0.497 e. The van der Waals surface area contributed by atoms with Crippen molar-refractivity contribution in [2.75, 3.05) is 19.5 Å². The third kappa shape index (κ3) is 3.96. The maximum absolute atomic E-state index is 5.65. The summed E-state index contributed by atoms with van der Waals surface area (Å²) in [6, 6.07) is 11.8. The zero-order valence-corrected chi connectivity index (χ0v) is 11.2. The van der Waals surface area contributed by atoms with Crippen molar-refractivity contribution in [3.63, 3.8) is 0 Å². The van der Waals surface area contributed by atoms with E-state index in [0.29, 0.717) is 13.2 Å². The molecule has 0 bridgehead atoms. The predicted octanol–water partition coefficient (Wildman–Crippen LogP) is 2.85. The number of benzene rings is 1. The van der Waals surface area contributed by atoms with Crippen LogP contribution in [0.25, 0.3) is 0 Å². The fraction of sp³-hybridized carbons (Fsp3) is 0.267. The monoisotopic (exact) mass is 258 g/mol. The van der Waals surface area contributed by atoms with E-state index >= 15 is 0 Å². The van der Waals surface area contributed by atoms with Gasteiger partial charge in [0.2, 0.25) is 0 Å². The van der Waals surface area contributed by atoms with E-state index < -0.39 is 0 Å². The van der Waals surface area contributed by atoms with Gasteiger partial charge in [0, 0.05) is 18.9 Å². The van der Waals surface area contributed by atoms with Crippen molar-refractivity contribution in [2.24, 2.45) is 0 Å². The van der Waals surface area contributed by atoms with Crippen LogP contribution in [0.2, 0.25) is 0 Å². The lowest BCUT2D eigenvalue weighted by molar-refractivity contribution is 0.104. The first-order valence-electron chi connectivity index (χ1n) is 6.15. The number of hydrogen-bond donors (Lipinski definition) is 1. The van der Waals surface area contributed by atoms with Crippen LogP contribution in [0, 0.1) is 0 Å². The van der Waals surface area contributed by atoms with Crippen LogP contribution in [0.15, 0.2) is 42.6 Å². The third-order valence-electron chi connectivity index (χ3n) is 2.78. The summed E-state index contributed by atoms with van der Waals surface area (Å²) < 4.78 is 10.8. The lowest BCUT2D eigenvalue weighted by atomic mass is 10.2. The van der Waals surface area contributed by atoms with E-state index in [4.69, 9.17) is 9.47 Å². The molecule has 1 aromatic carbocycles. The molecule has 0 fully saturated rings. The van der Waals surface area contributed by atoms with Crippen molar-refractivity contribution in [3.8, 4) is 5.75 Å². The van der Waals surface area contributed by atoms with Crippen molar-refractivity contribution < 1.29 is 9.47 Å². The minimum Gasteiger partial charge on any atom is -0.497 e. The number of ether oxygens (including phenoxy) is 2. The van der Waals surface area contributed by atoms with Crippen molar-refractivity contribution in [1.82, 2.24) is 4.98 Å². The van der Waals surface area contributed by atoms with E-state index in [9.17, 15) is 0 Å². The Labute approximate surface area is 113 Å². The Hall–Kier alpha value is -2.07. The molecule has 0 aliphatic rings. The lowest BCUT2D eigenvalue weighted by Gasteiger charge is -2.06. The third-order valence-corrected chi connectivity index (χ3v) is 2.78. The molecule has 0 radical (unpaired) electrons. The first-order valence-corrected chi connectivity index (χ1v) is 6.15. The maximum atomic E-state index is 5.65. The normalized spacial score (nSPS) is 10.2. The molecule has 19 heavy (non-hydrogen) atoms. The van der Waals surface area contributed by atoms with Gasteiger partial charge in [0.15, 0.2) is 0 Å². The molecule has 0 spiro atoms. The summed E-state index contributed by atoms with van der Waals surface area (Å²) in [6.45, 7) is 1.07. The van der Waals surface area contributed by atoms with Crippen LogP contribution in [0.5, 0.6) is 5.75 Å². The second-order valence-corrected chi connectivity index (χ2v) is 4.13. The molecule has 0 saturated heterocycles. The van der Waals surface area contributed by atoms with E-state index in [2.05, 4.69) is 10.3 Å². The number of pyridine rings is 1. The van der Waals surface area contributed by atoms with Gasteiger partial charge in [-0.05, 0) is 29.8 Å². The van der Waals surface area contributed by atoms with Crippen LogP contribution in [-0.2, 0) is 18.0 Å². The van der Waals surface area contributed by atoms with Crippen LogP contribution >= 0.6 is 0 Å². The number of methoxy groups -OCH3 is 1. The molecule has 0 amide bonds. The van der Waals surface area contributed by atoms with Crippen molar-refractivity contribution >= 4 is 5.69 Å². The van der Waals surface area contributed by atoms with E-state index in [0.717, 1.165) is 22.7 Å². The predicted molar refractivity (Wildman–Crippen MR) is 75.3 cm³/mol. The minimum atomic E-state index is 0.502. The fourth-order valence-electron chi connectivity index (χ4n) is 1.71. The van der Waals surface area contributed by atoms with Crippen LogP contribution in [0.4, 0.5) is 5.69 Å². The number of hydrogen-bond acceptors (Lipinski definition) is 4. The maximum Gasteiger partial charge on any atom is 0.118 e. The highest BCUT2D eigenvalue weighted by Gasteiger charge is 1.98. The first kappa shape index (κ1) is 13.4. The summed E-state index contributed by atoms with van der Waals surface area (Å²) in [7, 11) is 3.54. The smallest absolute Gasteiger partial charge is 0.118 e. The average Bonchev–Trinajstić information content (AvgIpc) is 2.48. The molecule has 100 valence electrons. The zero-order chi connectivity index (χ0) is 13.5. The van der Waals surface area contributed by atoms with Crippen molar-refractivity contribution in [2.45, 2.75) is 13.2 Å². The van der Waals surface area contributed by atoms with Gasteiger partial charge < -0.3 is 14.8 Å². The number of rotatable bonds is 6. The Bertz CT molecular complexity index is 512. The van der Waals surface area contributed by atoms with Gasteiger partial charge in [0.25, 0.3) is 0 Å². The summed E-state index contributed by atoms with van der Waals surface area (Å²) in [4.78, 5) is 4.26. The van der Waals surface area contributed by atoms with E-state index in [1.54, 1.807) is 13.3 Å². The average molecular weight is 258 g/mol. The summed E-state index contributed by atoms with van der Waals surface area (Å²) in [5.74, 6) is 0.854. The standard InChI is InChI=1S/C15H18N2O2/c1-16-13-7-8-17-14(9-13)11-19-10-12-3-5-15(18-2)6-4-12/h3-9H,10-11H2,1-2H3,(H,16,17). The molecule has 2 aromatic rings. The SMILES string of the molecule is CNc1ccnc(COCc2ccc(OC)cc2)c1. The number of anilines is 1. The lowest BCUT2D eigenvalue weighted by Crippen LogP contribution is -1.98. The second-order valence-electron chi connectivity index (χ2n) is 4.13. The molecule has 0 aliphatic carbocycles. The summed E-state index contributed by atoms with van der Waals surface area (Å²) >= 11 is 0. The molecule has 0 saturated carbocycles. The van der Waals surface area contributed by atoms with Crippen LogP contribution in [0.3, 0.4) is 0 Å². The molecule has 1 heterocycles. The Balaban J connectivity index is 1.85. The molecular formula is C15H18N2O2. The van der Waals surface area contributed by atoms with Gasteiger partial charge in [0.1, 0.15) is 5.75 Å². The number of nitrogens with zero attached hydrogens (tertiary/aromatic N) is 1. The van der Waals surface area contributed by atoms with Crippen molar-refractivity contribution in [3.05, 3.63) is 53.9 Å². The molecule has 2 rings (SSSR count). The van der Waals surface area contributed by atoms with Gasteiger partial charge in [-0.1, -0.05) is 12.1 Å². The Morgan fingerprint density at radius 3 is 2.58 bits per heavy atom. The molecule has 0 atom stereocenters. The van der Waals surface area contributed by atoms with E-state index in [1.807, 2.05) is 43.4 Å². The highest BCUT2D eigenvalue weighted by atomic mass is 16.5. The summed E-state index contributed by atoms with van der Waals surface area (Å²) in [5, 5.41) is 3.08. The summed E-state index contributed by atoms with van der Waals surface area (Å²) in [5.41, 5.74) is 3.07. The highest BCUT2D eigenvalue weighted by molar-refractivity contribution is 5.42. The highest BCUT2D eigenvalue weighted by Crippen LogP contribution is 2.13. The van der Waals surface area contributed by atoms with Crippen LogP contribution < -0.4 is 10.1 Å². The second kappa shape index (κ2) is 6.75. The Morgan fingerprint density at radius 1 is 1.11 bits per heavy atom. The quantitative estimate of drug-likeness (QED) is 0.865. The van der Waals surface area contributed by atoms with E-state index in [-0.39, 0.29) is 0 Å². The molecule has 0 unspecified atom stereocenters. The Morgan fingerprint density at radius 2 is 1.89 bits per heavy atom.